The van der Waals surface area contributed by atoms with Crippen molar-refractivity contribution in [2.45, 2.75) is 13.3 Å². The summed E-state index contributed by atoms with van der Waals surface area (Å²) in [6.45, 7) is 4.08. The molecule has 1 fully saturated rings. The Morgan fingerprint density at radius 2 is 2.08 bits per heavy atom. The molecule has 6 nitrogen and oxygen atoms in total. The minimum absolute atomic E-state index is 0.0168. The molecule has 1 amide bonds. The molecule has 1 aliphatic heterocycles. The second kappa shape index (κ2) is 6.46. The average Bonchev–Trinajstić information content (AvgIpc) is 3.41. The smallest absolute Gasteiger partial charge is 0.272 e. The molecule has 1 saturated heterocycles. The SMILES string of the molecule is CC1(CN)CCN(C(=O)c2cc(-c3ccco3)nn2-c2ccccc2)C1. The van der Waals surface area contributed by atoms with Crippen LogP contribution in [0.2, 0.25) is 0 Å². The Balaban J connectivity index is 1.74. The van der Waals surface area contributed by atoms with E-state index in [1.807, 2.05) is 47.4 Å². The Labute approximate surface area is 152 Å². The van der Waals surface area contributed by atoms with E-state index in [0.29, 0.717) is 36.8 Å². The van der Waals surface area contributed by atoms with Crippen LogP contribution in [-0.4, -0.2) is 40.2 Å². The van der Waals surface area contributed by atoms with Crippen molar-refractivity contribution >= 4 is 5.91 Å². The number of hydrogen-bond acceptors (Lipinski definition) is 4. The molecule has 0 aliphatic carbocycles. The standard InChI is InChI=1S/C20H22N4O2/c1-20(13-21)9-10-23(14-20)19(25)17-12-16(18-8-5-11-26-18)22-24(17)15-6-3-2-4-7-15/h2-8,11-12H,9-10,13-14,21H2,1H3. The number of aromatic nitrogens is 2. The van der Waals surface area contributed by atoms with Gasteiger partial charge in [0, 0.05) is 19.2 Å². The topological polar surface area (TPSA) is 77.3 Å². The molecular weight excluding hydrogens is 328 g/mol. The first-order valence-corrected chi connectivity index (χ1v) is 8.78. The Bertz CT molecular complexity index is 901. The Morgan fingerprint density at radius 3 is 2.73 bits per heavy atom. The molecule has 26 heavy (non-hydrogen) atoms. The number of hydrogen-bond donors (Lipinski definition) is 1. The van der Waals surface area contributed by atoms with Crippen molar-refractivity contribution in [1.29, 1.82) is 0 Å². The zero-order chi connectivity index (χ0) is 18.1. The third-order valence-corrected chi connectivity index (χ3v) is 5.04. The zero-order valence-electron chi connectivity index (χ0n) is 14.8. The second-order valence-corrected chi connectivity index (χ2v) is 7.13. The summed E-state index contributed by atoms with van der Waals surface area (Å²) in [5.74, 6) is 0.610. The summed E-state index contributed by atoms with van der Waals surface area (Å²) in [5.41, 5.74) is 7.89. The van der Waals surface area contributed by atoms with Gasteiger partial charge in [-0.25, -0.2) is 4.68 Å². The lowest BCUT2D eigenvalue weighted by molar-refractivity contribution is 0.0768. The lowest BCUT2D eigenvalue weighted by atomic mass is 9.90. The number of rotatable bonds is 4. The maximum absolute atomic E-state index is 13.2. The van der Waals surface area contributed by atoms with E-state index in [-0.39, 0.29) is 11.3 Å². The van der Waals surface area contributed by atoms with Crippen LogP contribution in [-0.2, 0) is 0 Å². The van der Waals surface area contributed by atoms with Crippen LogP contribution in [0, 0.1) is 5.41 Å². The number of carbonyl (C=O) groups is 1. The number of amides is 1. The molecule has 2 aromatic heterocycles. The number of likely N-dealkylation sites (tertiary alicyclic amines) is 1. The van der Waals surface area contributed by atoms with Crippen LogP contribution in [0.1, 0.15) is 23.8 Å². The van der Waals surface area contributed by atoms with E-state index in [9.17, 15) is 4.79 Å². The van der Waals surface area contributed by atoms with Gasteiger partial charge in [0.15, 0.2) is 5.76 Å². The fourth-order valence-electron chi connectivity index (χ4n) is 3.37. The van der Waals surface area contributed by atoms with Crippen molar-refractivity contribution in [3.8, 4) is 17.1 Å². The minimum Gasteiger partial charge on any atom is -0.463 e. The van der Waals surface area contributed by atoms with Crippen molar-refractivity contribution in [1.82, 2.24) is 14.7 Å². The van der Waals surface area contributed by atoms with Gasteiger partial charge in [-0.05, 0) is 42.6 Å². The fraction of sp³-hybridized carbons (Fsp3) is 0.300. The fourth-order valence-corrected chi connectivity index (χ4v) is 3.37. The summed E-state index contributed by atoms with van der Waals surface area (Å²) in [7, 11) is 0. The van der Waals surface area contributed by atoms with Crippen LogP contribution in [0.3, 0.4) is 0 Å². The van der Waals surface area contributed by atoms with Gasteiger partial charge < -0.3 is 15.1 Å². The molecule has 3 heterocycles. The van der Waals surface area contributed by atoms with Gasteiger partial charge in [0.1, 0.15) is 11.4 Å². The second-order valence-electron chi connectivity index (χ2n) is 7.13. The first kappa shape index (κ1) is 16.6. The van der Waals surface area contributed by atoms with Gasteiger partial charge in [-0.2, -0.15) is 5.10 Å². The highest BCUT2D eigenvalue weighted by Gasteiger charge is 2.36. The Morgan fingerprint density at radius 1 is 1.27 bits per heavy atom. The number of para-hydroxylation sites is 1. The van der Waals surface area contributed by atoms with Gasteiger partial charge in [-0.3, -0.25) is 4.79 Å². The summed E-state index contributed by atoms with van der Waals surface area (Å²) < 4.78 is 7.15. The van der Waals surface area contributed by atoms with Gasteiger partial charge in [0.05, 0.1) is 12.0 Å². The highest BCUT2D eigenvalue weighted by Crippen LogP contribution is 2.30. The summed E-state index contributed by atoms with van der Waals surface area (Å²) >= 11 is 0. The van der Waals surface area contributed by atoms with Gasteiger partial charge in [-0.15, -0.1) is 0 Å². The van der Waals surface area contributed by atoms with Crippen LogP contribution in [0.5, 0.6) is 0 Å². The van der Waals surface area contributed by atoms with Crippen LogP contribution >= 0.6 is 0 Å². The number of nitrogens with zero attached hydrogens (tertiary/aromatic N) is 3. The average molecular weight is 350 g/mol. The van der Waals surface area contributed by atoms with Crippen molar-refractivity contribution in [2.24, 2.45) is 11.1 Å². The first-order chi connectivity index (χ1) is 12.6. The monoisotopic (exact) mass is 350 g/mol. The minimum atomic E-state index is -0.0312. The molecule has 1 aromatic carbocycles. The Kier molecular flexibility index (Phi) is 4.12. The van der Waals surface area contributed by atoms with E-state index in [1.165, 1.54) is 0 Å². The highest BCUT2D eigenvalue weighted by atomic mass is 16.3. The molecule has 134 valence electrons. The molecule has 0 radical (unpaired) electrons. The maximum Gasteiger partial charge on any atom is 0.272 e. The van der Waals surface area contributed by atoms with Crippen molar-refractivity contribution in [2.75, 3.05) is 19.6 Å². The molecule has 0 spiro atoms. The molecular formula is C20H22N4O2. The van der Waals surface area contributed by atoms with Gasteiger partial charge in [0.2, 0.25) is 0 Å². The summed E-state index contributed by atoms with van der Waals surface area (Å²) in [6.07, 6.45) is 2.52. The van der Waals surface area contributed by atoms with Crippen molar-refractivity contribution < 1.29 is 9.21 Å². The van der Waals surface area contributed by atoms with E-state index in [1.54, 1.807) is 17.0 Å². The molecule has 4 rings (SSSR count). The van der Waals surface area contributed by atoms with E-state index in [4.69, 9.17) is 10.2 Å². The normalized spacial score (nSPS) is 19.8. The van der Waals surface area contributed by atoms with E-state index < -0.39 is 0 Å². The van der Waals surface area contributed by atoms with Gasteiger partial charge in [0.25, 0.3) is 5.91 Å². The molecule has 3 aromatic rings. The lowest BCUT2D eigenvalue weighted by Gasteiger charge is -2.22. The summed E-state index contributed by atoms with van der Waals surface area (Å²) in [4.78, 5) is 15.1. The number of benzene rings is 1. The van der Waals surface area contributed by atoms with E-state index in [0.717, 1.165) is 12.1 Å². The third-order valence-electron chi connectivity index (χ3n) is 5.04. The molecule has 1 unspecified atom stereocenters. The Hall–Kier alpha value is -2.86. The summed E-state index contributed by atoms with van der Waals surface area (Å²) in [5, 5.41) is 4.62. The van der Waals surface area contributed by atoms with Crippen LogP contribution < -0.4 is 5.73 Å². The van der Waals surface area contributed by atoms with Gasteiger partial charge >= 0.3 is 0 Å². The van der Waals surface area contributed by atoms with E-state index >= 15 is 0 Å². The molecule has 0 bridgehead atoms. The predicted molar refractivity (Wildman–Crippen MR) is 98.9 cm³/mol. The molecule has 0 saturated carbocycles. The predicted octanol–water partition coefficient (Wildman–Crippen LogP) is 2.94. The van der Waals surface area contributed by atoms with E-state index in [2.05, 4.69) is 12.0 Å². The third kappa shape index (κ3) is 2.93. The van der Waals surface area contributed by atoms with Crippen LogP contribution in [0.4, 0.5) is 0 Å². The largest absolute Gasteiger partial charge is 0.463 e. The maximum atomic E-state index is 13.2. The molecule has 6 heteroatoms. The van der Waals surface area contributed by atoms with Gasteiger partial charge in [-0.1, -0.05) is 25.1 Å². The van der Waals surface area contributed by atoms with Crippen LogP contribution in [0.15, 0.2) is 59.2 Å². The molecule has 1 atom stereocenters. The lowest BCUT2D eigenvalue weighted by Crippen LogP contribution is -2.35. The number of furan rings is 1. The van der Waals surface area contributed by atoms with Crippen LogP contribution in [0.25, 0.3) is 17.1 Å². The number of nitrogens with two attached hydrogens (primary N) is 1. The zero-order valence-corrected chi connectivity index (χ0v) is 14.8. The van der Waals surface area contributed by atoms with Crippen molar-refractivity contribution in [3.05, 3.63) is 60.5 Å². The quantitative estimate of drug-likeness (QED) is 0.785. The molecule has 2 N–H and O–H groups in total. The highest BCUT2D eigenvalue weighted by molar-refractivity contribution is 5.94. The molecule has 1 aliphatic rings. The van der Waals surface area contributed by atoms with Crippen molar-refractivity contribution in [3.63, 3.8) is 0 Å². The first-order valence-electron chi connectivity index (χ1n) is 8.78. The number of carbonyl (C=O) groups excluding carboxylic acids is 1. The summed E-state index contributed by atoms with van der Waals surface area (Å²) in [6, 6.07) is 15.1.